The molecule has 17 heavy (non-hydrogen) atoms. The van der Waals surface area contributed by atoms with Gasteiger partial charge in [0.05, 0.1) is 0 Å². The van der Waals surface area contributed by atoms with Gasteiger partial charge in [0, 0.05) is 0 Å². The van der Waals surface area contributed by atoms with E-state index >= 15 is 0 Å². The van der Waals surface area contributed by atoms with E-state index in [0.29, 0.717) is 0 Å². The maximum atomic E-state index is 12.2. The van der Waals surface area contributed by atoms with Gasteiger partial charge in [0.1, 0.15) is 11.4 Å². The molecule has 0 atom stereocenters. The van der Waals surface area contributed by atoms with Gasteiger partial charge in [0.2, 0.25) is 0 Å². The molecule has 0 amide bonds. The van der Waals surface area contributed by atoms with Crippen LogP contribution >= 0.6 is 0 Å². The summed E-state index contributed by atoms with van der Waals surface area (Å²) < 4.78 is 36.5. The second-order valence-electron chi connectivity index (χ2n) is 3.86. The van der Waals surface area contributed by atoms with Gasteiger partial charge in [-0.25, -0.2) is 4.79 Å². The molecule has 8 heteroatoms. The minimum absolute atomic E-state index is 0.0367. The minimum Gasteiger partial charge on any atom is -0.480 e. The summed E-state index contributed by atoms with van der Waals surface area (Å²) in [4.78, 5) is 10.8. The number of carbonyl (C=O) groups is 1. The first-order valence-electron chi connectivity index (χ1n) is 4.55. The molecule has 1 aromatic heterocycles. The molecule has 0 saturated heterocycles. The van der Waals surface area contributed by atoms with E-state index < -0.39 is 23.4 Å². The molecule has 0 aliphatic rings. The van der Waals surface area contributed by atoms with Crippen molar-refractivity contribution >= 4 is 11.8 Å². The lowest BCUT2D eigenvalue weighted by atomic mass is 10.1. The van der Waals surface area contributed by atoms with Gasteiger partial charge in [-0.3, -0.25) is 0 Å². The monoisotopic (exact) mass is 249 g/mol. The molecule has 0 fully saturated rings. The van der Waals surface area contributed by atoms with Crippen LogP contribution in [0.2, 0.25) is 0 Å². The van der Waals surface area contributed by atoms with Crippen LogP contribution in [0.3, 0.4) is 0 Å². The Labute approximate surface area is 94.7 Å². The number of aliphatic carboxylic acids is 1. The zero-order valence-electron chi connectivity index (χ0n) is 9.04. The highest BCUT2D eigenvalue weighted by Crippen LogP contribution is 2.27. The summed E-state index contributed by atoms with van der Waals surface area (Å²) in [6.45, 7) is 2.71. The first-order chi connectivity index (χ1) is 7.63. The third-order valence-corrected chi connectivity index (χ3v) is 1.93. The zero-order valence-corrected chi connectivity index (χ0v) is 9.04. The molecule has 1 rings (SSSR count). The van der Waals surface area contributed by atoms with Crippen molar-refractivity contribution in [2.45, 2.75) is 25.6 Å². The van der Waals surface area contributed by atoms with E-state index in [1.165, 1.54) is 13.8 Å². The van der Waals surface area contributed by atoms with Gasteiger partial charge in [0.15, 0.2) is 5.69 Å². The predicted molar refractivity (Wildman–Crippen MR) is 52.4 cm³/mol. The average Bonchev–Trinajstić information content (AvgIpc) is 2.16. The summed E-state index contributed by atoms with van der Waals surface area (Å²) in [5, 5.41) is 17.5. The molecule has 0 aliphatic carbocycles. The largest absolute Gasteiger partial charge is 0.480 e. The first-order valence-corrected chi connectivity index (χ1v) is 4.55. The Hall–Kier alpha value is -1.86. The minimum atomic E-state index is -4.56. The van der Waals surface area contributed by atoms with E-state index in [-0.39, 0.29) is 5.82 Å². The molecule has 0 saturated carbocycles. The van der Waals surface area contributed by atoms with Crippen molar-refractivity contribution < 1.29 is 23.1 Å². The van der Waals surface area contributed by atoms with Gasteiger partial charge in [0.25, 0.3) is 0 Å². The van der Waals surface area contributed by atoms with Gasteiger partial charge < -0.3 is 10.4 Å². The fraction of sp³-hybridized carbons (Fsp3) is 0.444. The predicted octanol–water partition coefficient (Wildman–Crippen LogP) is 1.77. The second-order valence-corrected chi connectivity index (χ2v) is 3.86. The van der Waals surface area contributed by atoms with Crippen molar-refractivity contribution in [3.63, 3.8) is 0 Å². The fourth-order valence-electron chi connectivity index (χ4n) is 0.924. The number of alkyl halides is 3. The Bertz CT molecular complexity index is 414. The Morgan fingerprint density at radius 1 is 1.29 bits per heavy atom. The summed E-state index contributed by atoms with van der Waals surface area (Å²) in [5.74, 6) is -1.19. The number of anilines is 1. The van der Waals surface area contributed by atoms with Crippen LogP contribution in [0.25, 0.3) is 0 Å². The van der Waals surface area contributed by atoms with Crippen LogP contribution in [0.5, 0.6) is 0 Å². The molecular weight excluding hydrogens is 239 g/mol. The molecule has 2 N–H and O–H groups in total. The Morgan fingerprint density at radius 3 is 2.24 bits per heavy atom. The highest BCUT2D eigenvalue weighted by Gasteiger charge is 2.33. The smallest absolute Gasteiger partial charge is 0.435 e. The Kier molecular flexibility index (Phi) is 3.25. The number of nitrogens with zero attached hydrogens (tertiary/aromatic N) is 2. The van der Waals surface area contributed by atoms with Crippen LogP contribution in [0, 0.1) is 0 Å². The maximum absolute atomic E-state index is 12.2. The molecule has 0 aliphatic heterocycles. The number of halogens is 3. The van der Waals surface area contributed by atoms with E-state index in [9.17, 15) is 18.0 Å². The summed E-state index contributed by atoms with van der Waals surface area (Å²) >= 11 is 0. The highest BCUT2D eigenvalue weighted by atomic mass is 19.4. The highest BCUT2D eigenvalue weighted by molar-refractivity contribution is 5.81. The quantitative estimate of drug-likeness (QED) is 0.853. The lowest BCUT2D eigenvalue weighted by Gasteiger charge is -2.21. The molecule has 0 unspecified atom stereocenters. The summed E-state index contributed by atoms with van der Waals surface area (Å²) in [7, 11) is 0. The summed E-state index contributed by atoms with van der Waals surface area (Å²) in [5.41, 5.74) is -2.47. The number of rotatable bonds is 3. The van der Waals surface area contributed by atoms with Crippen molar-refractivity contribution in [2.75, 3.05) is 5.32 Å². The van der Waals surface area contributed by atoms with Crippen LogP contribution in [0.1, 0.15) is 19.5 Å². The third kappa shape index (κ3) is 3.30. The van der Waals surface area contributed by atoms with Crippen LogP contribution < -0.4 is 5.32 Å². The van der Waals surface area contributed by atoms with Crippen LogP contribution in [0.4, 0.5) is 19.0 Å². The number of hydrogen-bond donors (Lipinski definition) is 2. The lowest BCUT2D eigenvalue weighted by Crippen LogP contribution is -2.40. The van der Waals surface area contributed by atoms with Crippen molar-refractivity contribution in [3.05, 3.63) is 17.8 Å². The molecule has 0 spiro atoms. The maximum Gasteiger partial charge on any atom is 0.435 e. The molecule has 1 heterocycles. The standard InChI is InChI=1S/C9H10F3N3O2/c1-8(2,7(16)17)13-6-4-3-5(14-15-6)9(10,11)12/h3-4H,1-2H3,(H,13,15)(H,16,17). The van der Waals surface area contributed by atoms with Gasteiger partial charge in [-0.2, -0.15) is 13.2 Å². The molecule has 0 aromatic carbocycles. The Morgan fingerprint density at radius 2 is 1.88 bits per heavy atom. The molecular formula is C9H10F3N3O2. The van der Waals surface area contributed by atoms with Crippen LogP contribution in [0.15, 0.2) is 12.1 Å². The van der Waals surface area contributed by atoms with E-state index in [1.807, 2.05) is 0 Å². The van der Waals surface area contributed by atoms with E-state index in [0.717, 1.165) is 12.1 Å². The van der Waals surface area contributed by atoms with Crippen molar-refractivity contribution in [3.8, 4) is 0 Å². The summed E-state index contributed by atoms with van der Waals surface area (Å²) in [6, 6.07) is 1.76. The van der Waals surface area contributed by atoms with Crippen LogP contribution in [-0.2, 0) is 11.0 Å². The number of hydrogen-bond acceptors (Lipinski definition) is 4. The first kappa shape index (κ1) is 13.2. The normalized spacial score (nSPS) is 12.3. The SMILES string of the molecule is CC(C)(Nc1ccc(C(F)(F)F)nn1)C(=O)O. The zero-order chi connectivity index (χ0) is 13.3. The molecule has 0 radical (unpaired) electrons. The molecule has 94 valence electrons. The van der Waals surface area contributed by atoms with Gasteiger partial charge in [-0.1, -0.05) is 0 Å². The van der Waals surface area contributed by atoms with E-state index in [1.54, 1.807) is 0 Å². The number of nitrogens with one attached hydrogen (secondary N) is 1. The van der Waals surface area contributed by atoms with Crippen LogP contribution in [-0.4, -0.2) is 26.8 Å². The van der Waals surface area contributed by atoms with E-state index in [4.69, 9.17) is 5.11 Å². The molecule has 0 bridgehead atoms. The van der Waals surface area contributed by atoms with Gasteiger partial charge >= 0.3 is 12.1 Å². The van der Waals surface area contributed by atoms with Crippen molar-refractivity contribution in [1.82, 2.24) is 10.2 Å². The summed E-state index contributed by atoms with van der Waals surface area (Å²) in [6.07, 6.45) is -4.56. The number of carboxylic acid groups (broad SMARTS) is 1. The lowest BCUT2D eigenvalue weighted by molar-refractivity contribution is -0.142. The van der Waals surface area contributed by atoms with Crippen molar-refractivity contribution in [1.29, 1.82) is 0 Å². The molecule has 5 nitrogen and oxygen atoms in total. The molecule has 1 aromatic rings. The van der Waals surface area contributed by atoms with Gasteiger partial charge in [-0.05, 0) is 26.0 Å². The number of carboxylic acids is 1. The second kappa shape index (κ2) is 4.19. The van der Waals surface area contributed by atoms with E-state index in [2.05, 4.69) is 15.5 Å². The van der Waals surface area contributed by atoms with Gasteiger partial charge in [-0.15, -0.1) is 10.2 Å². The Balaban J connectivity index is 2.86. The third-order valence-electron chi connectivity index (χ3n) is 1.93. The fourth-order valence-corrected chi connectivity index (χ4v) is 0.924. The topological polar surface area (TPSA) is 75.1 Å². The average molecular weight is 249 g/mol. The van der Waals surface area contributed by atoms with Crippen molar-refractivity contribution in [2.24, 2.45) is 0 Å². The number of aromatic nitrogens is 2.